The molecule has 1 amide bonds. The average Bonchev–Trinajstić information content (AvgIpc) is 2.87. The topological polar surface area (TPSA) is 75.4 Å². The second-order valence-electron chi connectivity index (χ2n) is 3.90. The van der Waals surface area contributed by atoms with Gasteiger partial charge in [-0.05, 0) is 6.92 Å². The summed E-state index contributed by atoms with van der Waals surface area (Å²) in [7, 11) is 1.75. The summed E-state index contributed by atoms with van der Waals surface area (Å²) in [6.07, 6.45) is 1.49. The number of carboxylic acids is 1. The number of aromatic nitrogens is 2. The smallest absolute Gasteiger partial charge is 0.327 e. The molecular formula is C10H13N3O3S. The van der Waals surface area contributed by atoms with Crippen molar-refractivity contribution in [3.8, 4) is 0 Å². The number of amides is 1. The molecule has 1 N–H and O–H groups in total. The minimum Gasteiger partial charge on any atom is -0.480 e. The molecule has 6 nitrogen and oxygen atoms in total. The first-order valence-electron chi connectivity index (χ1n) is 5.12. The third-order valence-corrected chi connectivity index (χ3v) is 3.91. The van der Waals surface area contributed by atoms with Gasteiger partial charge >= 0.3 is 5.97 Å². The number of hydrogen-bond acceptors (Lipinski definition) is 4. The third kappa shape index (κ3) is 2.02. The van der Waals surface area contributed by atoms with Gasteiger partial charge in [-0.15, -0.1) is 11.8 Å². The van der Waals surface area contributed by atoms with E-state index in [1.807, 2.05) is 0 Å². The molecular weight excluding hydrogens is 242 g/mol. The number of nitrogens with zero attached hydrogens (tertiary/aromatic N) is 3. The lowest BCUT2D eigenvalue weighted by Gasteiger charge is -2.20. The molecule has 0 spiro atoms. The summed E-state index contributed by atoms with van der Waals surface area (Å²) in [6, 6.07) is -0.730. The van der Waals surface area contributed by atoms with Crippen molar-refractivity contribution >= 4 is 23.6 Å². The Morgan fingerprint density at radius 1 is 1.59 bits per heavy atom. The maximum atomic E-state index is 12.2. The number of carbonyl (C=O) groups excluding carboxylic acids is 1. The van der Waals surface area contributed by atoms with Crippen LogP contribution < -0.4 is 0 Å². The number of carbonyl (C=O) groups is 2. The number of aliphatic carboxylic acids is 1. The third-order valence-electron chi connectivity index (χ3n) is 2.89. The van der Waals surface area contributed by atoms with E-state index in [1.165, 1.54) is 22.9 Å². The molecule has 1 aromatic rings. The van der Waals surface area contributed by atoms with Gasteiger partial charge in [0, 0.05) is 18.5 Å². The standard InChI is InChI=1S/C10H13N3O3S/c1-6-7(3-11-12(6)2)9(14)13-5-17-4-8(13)10(15)16/h3,8H,4-5H2,1-2H3,(H,15,16). The lowest BCUT2D eigenvalue weighted by atomic mass is 10.2. The minimum absolute atomic E-state index is 0.256. The Balaban J connectivity index is 2.26. The molecule has 1 aromatic heterocycles. The largest absolute Gasteiger partial charge is 0.480 e. The second kappa shape index (κ2) is 4.40. The molecule has 1 atom stereocenters. The van der Waals surface area contributed by atoms with Gasteiger partial charge in [0.05, 0.1) is 17.6 Å². The lowest BCUT2D eigenvalue weighted by Crippen LogP contribution is -2.41. The van der Waals surface area contributed by atoms with Gasteiger partial charge in [-0.1, -0.05) is 0 Å². The van der Waals surface area contributed by atoms with Crippen LogP contribution in [0.25, 0.3) is 0 Å². The molecule has 1 aliphatic heterocycles. The predicted octanol–water partition coefficient (Wildman–Crippen LogP) is 0.328. The molecule has 2 heterocycles. The highest BCUT2D eigenvalue weighted by Gasteiger charge is 2.35. The number of rotatable bonds is 2. The van der Waals surface area contributed by atoms with Gasteiger partial charge in [0.2, 0.25) is 0 Å². The Morgan fingerprint density at radius 3 is 2.82 bits per heavy atom. The average molecular weight is 255 g/mol. The van der Waals surface area contributed by atoms with E-state index in [1.54, 1.807) is 18.7 Å². The van der Waals surface area contributed by atoms with Gasteiger partial charge in [-0.2, -0.15) is 5.10 Å². The molecule has 0 aromatic carbocycles. The summed E-state index contributed by atoms with van der Waals surface area (Å²) in [6.45, 7) is 1.79. The van der Waals surface area contributed by atoms with Crippen LogP contribution in [0.1, 0.15) is 16.1 Å². The van der Waals surface area contributed by atoms with Crippen LogP contribution in [-0.2, 0) is 11.8 Å². The second-order valence-corrected chi connectivity index (χ2v) is 4.90. The summed E-state index contributed by atoms with van der Waals surface area (Å²) < 4.78 is 1.60. The van der Waals surface area contributed by atoms with Crippen molar-refractivity contribution in [1.29, 1.82) is 0 Å². The van der Waals surface area contributed by atoms with Crippen LogP contribution in [0.5, 0.6) is 0 Å². The minimum atomic E-state index is -0.954. The van der Waals surface area contributed by atoms with Crippen LogP contribution >= 0.6 is 11.8 Å². The molecule has 2 rings (SSSR count). The van der Waals surface area contributed by atoms with E-state index < -0.39 is 12.0 Å². The van der Waals surface area contributed by atoms with Crippen molar-refractivity contribution in [2.24, 2.45) is 7.05 Å². The van der Waals surface area contributed by atoms with Crippen molar-refractivity contribution in [2.75, 3.05) is 11.6 Å². The van der Waals surface area contributed by atoms with E-state index in [2.05, 4.69) is 5.10 Å². The molecule has 0 bridgehead atoms. The Labute approximate surface area is 103 Å². The number of carboxylic acid groups (broad SMARTS) is 1. The first-order valence-corrected chi connectivity index (χ1v) is 6.28. The summed E-state index contributed by atoms with van der Waals surface area (Å²) in [4.78, 5) is 24.6. The van der Waals surface area contributed by atoms with Gasteiger partial charge in [-0.25, -0.2) is 4.79 Å². The maximum Gasteiger partial charge on any atom is 0.327 e. The highest BCUT2D eigenvalue weighted by Crippen LogP contribution is 2.24. The van der Waals surface area contributed by atoms with E-state index in [-0.39, 0.29) is 5.91 Å². The quantitative estimate of drug-likeness (QED) is 0.824. The summed E-state index contributed by atoms with van der Waals surface area (Å²) in [5.41, 5.74) is 1.22. The van der Waals surface area contributed by atoms with Crippen LogP contribution in [0.15, 0.2) is 6.20 Å². The van der Waals surface area contributed by atoms with Crippen LogP contribution in [0.3, 0.4) is 0 Å². The number of hydrogen-bond donors (Lipinski definition) is 1. The van der Waals surface area contributed by atoms with E-state index in [9.17, 15) is 9.59 Å². The van der Waals surface area contributed by atoms with Crippen LogP contribution in [0.4, 0.5) is 0 Å². The lowest BCUT2D eigenvalue weighted by molar-refractivity contribution is -0.140. The molecule has 7 heteroatoms. The number of thioether (sulfide) groups is 1. The van der Waals surface area contributed by atoms with E-state index in [0.29, 0.717) is 17.2 Å². The van der Waals surface area contributed by atoms with Crippen LogP contribution in [0.2, 0.25) is 0 Å². The van der Waals surface area contributed by atoms with Crippen molar-refractivity contribution in [1.82, 2.24) is 14.7 Å². The summed E-state index contributed by atoms with van der Waals surface area (Å²) in [5.74, 6) is -0.345. The molecule has 0 saturated carbocycles. The maximum absolute atomic E-state index is 12.2. The van der Waals surface area contributed by atoms with Crippen molar-refractivity contribution < 1.29 is 14.7 Å². The fraction of sp³-hybridized carbons (Fsp3) is 0.500. The molecule has 1 fully saturated rings. The Hall–Kier alpha value is -1.50. The predicted molar refractivity (Wildman–Crippen MR) is 62.9 cm³/mol. The zero-order chi connectivity index (χ0) is 12.6. The molecule has 0 radical (unpaired) electrons. The SMILES string of the molecule is Cc1c(C(=O)N2CSCC2C(=O)O)cnn1C. The van der Waals surface area contributed by atoms with Crippen molar-refractivity contribution in [3.63, 3.8) is 0 Å². The fourth-order valence-electron chi connectivity index (χ4n) is 1.71. The highest BCUT2D eigenvalue weighted by atomic mass is 32.2. The van der Waals surface area contributed by atoms with E-state index >= 15 is 0 Å². The van der Waals surface area contributed by atoms with Gasteiger partial charge < -0.3 is 10.0 Å². The van der Waals surface area contributed by atoms with Crippen LogP contribution in [-0.4, -0.2) is 49.3 Å². The van der Waals surface area contributed by atoms with Gasteiger partial charge in [0.25, 0.3) is 5.91 Å². The first kappa shape index (κ1) is 12.0. The molecule has 92 valence electrons. The zero-order valence-electron chi connectivity index (χ0n) is 9.58. The van der Waals surface area contributed by atoms with Gasteiger partial charge in [-0.3, -0.25) is 9.48 Å². The summed E-state index contributed by atoms with van der Waals surface area (Å²) >= 11 is 1.45. The Kier molecular flexibility index (Phi) is 3.10. The first-order chi connectivity index (χ1) is 8.02. The van der Waals surface area contributed by atoms with Crippen molar-refractivity contribution in [3.05, 3.63) is 17.5 Å². The molecule has 1 unspecified atom stereocenters. The molecule has 1 aliphatic rings. The Morgan fingerprint density at radius 2 is 2.29 bits per heavy atom. The van der Waals surface area contributed by atoms with Crippen LogP contribution in [0, 0.1) is 6.92 Å². The zero-order valence-corrected chi connectivity index (χ0v) is 10.4. The van der Waals surface area contributed by atoms with E-state index in [0.717, 1.165) is 5.69 Å². The molecule has 17 heavy (non-hydrogen) atoms. The molecule has 0 aliphatic carbocycles. The molecule has 1 saturated heterocycles. The van der Waals surface area contributed by atoms with Gasteiger partial charge in [0.1, 0.15) is 6.04 Å². The number of aryl methyl sites for hydroxylation is 1. The summed E-state index contributed by atoms with van der Waals surface area (Å²) in [5, 5.41) is 13.0. The normalized spacial score (nSPS) is 19.6. The van der Waals surface area contributed by atoms with Crippen molar-refractivity contribution in [2.45, 2.75) is 13.0 Å². The highest BCUT2D eigenvalue weighted by molar-refractivity contribution is 7.99. The monoisotopic (exact) mass is 255 g/mol. The Bertz CT molecular complexity index is 471. The van der Waals surface area contributed by atoms with E-state index in [4.69, 9.17) is 5.11 Å². The van der Waals surface area contributed by atoms with Gasteiger partial charge in [0.15, 0.2) is 0 Å². The fourth-order valence-corrected chi connectivity index (χ4v) is 2.86.